The summed E-state index contributed by atoms with van der Waals surface area (Å²) in [6, 6.07) is 0. The third-order valence-electron chi connectivity index (χ3n) is 2.13. The molecule has 1 aliphatic heterocycles. The predicted molar refractivity (Wildman–Crippen MR) is 57.2 cm³/mol. The molecule has 76 valence electrons. The van der Waals surface area contributed by atoms with E-state index >= 15 is 0 Å². The fourth-order valence-corrected chi connectivity index (χ4v) is 1.62. The highest BCUT2D eigenvalue weighted by atomic mass is 79.9. The van der Waals surface area contributed by atoms with Gasteiger partial charge in [-0.3, -0.25) is 0 Å². The summed E-state index contributed by atoms with van der Waals surface area (Å²) in [6.07, 6.45) is 6.06. The summed E-state index contributed by atoms with van der Waals surface area (Å²) in [6.45, 7) is 1.68. The van der Waals surface area contributed by atoms with E-state index in [1.54, 1.807) is 12.4 Å². The minimum atomic E-state index is 0.322. The maximum Gasteiger partial charge on any atom is 0.222 e. The van der Waals surface area contributed by atoms with Crippen LogP contribution in [-0.2, 0) is 4.74 Å². The van der Waals surface area contributed by atoms with Gasteiger partial charge in [-0.1, -0.05) is 0 Å². The van der Waals surface area contributed by atoms with Crippen molar-refractivity contribution in [2.75, 3.05) is 18.5 Å². The van der Waals surface area contributed by atoms with E-state index < -0.39 is 0 Å². The van der Waals surface area contributed by atoms with Crippen molar-refractivity contribution < 1.29 is 4.74 Å². The summed E-state index contributed by atoms with van der Waals surface area (Å²) in [5.74, 6) is 0.656. The highest BCUT2D eigenvalue weighted by molar-refractivity contribution is 9.10. The van der Waals surface area contributed by atoms with Crippen LogP contribution in [0.4, 0.5) is 5.95 Å². The van der Waals surface area contributed by atoms with Gasteiger partial charge in [0.2, 0.25) is 5.95 Å². The van der Waals surface area contributed by atoms with Crippen LogP contribution in [0.3, 0.4) is 0 Å². The third kappa shape index (κ3) is 2.65. The molecule has 4 nitrogen and oxygen atoms in total. The van der Waals surface area contributed by atoms with Gasteiger partial charge in [-0.15, -0.1) is 0 Å². The summed E-state index contributed by atoms with van der Waals surface area (Å²) in [4.78, 5) is 8.23. The Kier molecular flexibility index (Phi) is 3.31. The van der Waals surface area contributed by atoms with Crippen molar-refractivity contribution >= 4 is 21.9 Å². The zero-order valence-corrected chi connectivity index (χ0v) is 9.33. The minimum absolute atomic E-state index is 0.322. The van der Waals surface area contributed by atoms with E-state index in [0.717, 1.165) is 30.5 Å². The van der Waals surface area contributed by atoms with Crippen LogP contribution in [0.15, 0.2) is 16.9 Å². The largest absolute Gasteiger partial charge is 0.376 e. The molecule has 1 aromatic heterocycles. The second kappa shape index (κ2) is 4.70. The van der Waals surface area contributed by atoms with Crippen LogP contribution in [0, 0.1) is 0 Å². The molecule has 0 aromatic carbocycles. The Bertz CT molecular complexity index is 285. The Morgan fingerprint density at radius 1 is 1.50 bits per heavy atom. The van der Waals surface area contributed by atoms with E-state index in [1.807, 2.05) is 0 Å². The van der Waals surface area contributed by atoms with E-state index in [2.05, 4.69) is 31.2 Å². The van der Waals surface area contributed by atoms with Gasteiger partial charge in [-0.25, -0.2) is 9.97 Å². The molecular formula is C9H12BrN3O. The van der Waals surface area contributed by atoms with Crippen molar-refractivity contribution in [2.45, 2.75) is 18.9 Å². The molecule has 0 saturated carbocycles. The van der Waals surface area contributed by atoms with E-state index in [4.69, 9.17) is 4.74 Å². The zero-order chi connectivity index (χ0) is 9.80. The number of hydrogen-bond acceptors (Lipinski definition) is 4. The SMILES string of the molecule is Brc1cnc(NCC2CCCO2)nc1. The number of hydrogen-bond donors (Lipinski definition) is 1. The topological polar surface area (TPSA) is 47.0 Å². The Morgan fingerprint density at radius 2 is 2.29 bits per heavy atom. The molecule has 1 fully saturated rings. The van der Waals surface area contributed by atoms with Crippen LogP contribution in [0.1, 0.15) is 12.8 Å². The number of aromatic nitrogens is 2. The highest BCUT2D eigenvalue weighted by Crippen LogP contribution is 2.12. The Morgan fingerprint density at radius 3 is 2.93 bits per heavy atom. The van der Waals surface area contributed by atoms with Crippen molar-refractivity contribution in [1.82, 2.24) is 9.97 Å². The second-order valence-corrected chi connectivity index (χ2v) is 4.16. The first-order chi connectivity index (χ1) is 6.84. The Hall–Kier alpha value is -0.680. The summed E-state index contributed by atoms with van der Waals surface area (Å²) in [7, 11) is 0. The predicted octanol–water partition coefficient (Wildman–Crippen LogP) is 1.83. The Labute approximate surface area is 91.2 Å². The van der Waals surface area contributed by atoms with E-state index in [0.29, 0.717) is 12.1 Å². The lowest BCUT2D eigenvalue weighted by atomic mass is 10.2. The molecule has 1 saturated heterocycles. The number of nitrogens with zero attached hydrogens (tertiary/aromatic N) is 2. The van der Waals surface area contributed by atoms with E-state index in [-0.39, 0.29) is 0 Å². The van der Waals surface area contributed by atoms with Gasteiger partial charge in [-0.2, -0.15) is 0 Å². The van der Waals surface area contributed by atoms with E-state index in [1.165, 1.54) is 0 Å². The van der Waals surface area contributed by atoms with Crippen LogP contribution >= 0.6 is 15.9 Å². The molecule has 0 amide bonds. The Balaban J connectivity index is 1.82. The van der Waals surface area contributed by atoms with Crippen molar-refractivity contribution in [3.05, 3.63) is 16.9 Å². The smallest absolute Gasteiger partial charge is 0.222 e. The van der Waals surface area contributed by atoms with Gasteiger partial charge < -0.3 is 10.1 Å². The molecule has 1 unspecified atom stereocenters. The van der Waals surface area contributed by atoms with Crippen molar-refractivity contribution in [1.29, 1.82) is 0 Å². The average Bonchev–Trinajstić information content (AvgIpc) is 2.70. The standard InChI is InChI=1S/C9H12BrN3O/c10-7-4-11-9(12-5-7)13-6-8-2-1-3-14-8/h4-5,8H,1-3,6H2,(H,11,12,13). The van der Waals surface area contributed by atoms with Crippen LogP contribution in [0.25, 0.3) is 0 Å². The van der Waals surface area contributed by atoms with E-state index in [9.17, 15) is 0 Å². The molecule has 2 heterocycles. The molecule has 1 aliphatic rings. The zero-order valence-electron chi connectivity index (χ0n) is 7.74. The lowest BCUT2D eigenvalue weighted by Gasteiger charge is -2.09. The normalized spacial score (nSPS) is 21.1. The minimum Gasteiger partial charge on any atom is -0.376 e. The van der Waals surface area contributed by atoms with Crippen LogP contribution in [-0.4, -0.2) is 29.2 Å². The van der Waals surface area contributed by atoms with Gasteiger partial charge in [0.15, 0.2) is 0 Å². The molecule has 1 N–H and O–H groups in total. The summed E-state index contributed by atoms with van der Waals surface area (Å²) in [5.41, 5.74) is 0. The third-order valence-corrected chi connectivity index (χ3v) is 2.54. The quantitative estimate of drug-likeness (QED) is 0.898. The highest BCUT2D eigenvalue weighted by Gasteiger charge is 2.14. The molecular weight excluding hydrogens is 246 g/mol. The fraction of sp³-hybridized carbons (Fsp3) is 0.556. The van der Waals surface area contributed by atoms with Crippen LogP contribution < -0.4 is 5.32 Å². The number of halogens is 1. The monoisotopic (exact) mass is 257 g/mol. The van der Waals surface area contributed by atoms with Gasteiger partial charge in [0.05, 0.1) is 10.6 Å². The molecule has 0 bridgehead atoms. The summed E-state index contributed by atoms with van der Waals surface area (Å²) >= 11 is 3.29. The number of nitrogens with one attached hydrogen (secondary N) is 1. The average molecular weight is 258 g/mol. The number of rotatable bonds is 3. The summed E-state index contributed by atoms with van der Waals surface area (Å²) < 4.78 is 6.36. The number of ether oxygens (including phenoxy) is 1. The molecule has 0 spiro atoms. The second-order valence-electron chi connectivity index (χ2n) is 3.24. The molecule has 1 aromatic rings. The van der Waals surface area contributed by atoms with Crippen molar-refractivity contribution in [2.24, 2.45) is 0 Å². The maximum absolute atomic E-state index is 5.47. The van der Waals surface area contributed by atoms with Gasteiger partial charge in [0, 0.05) is 25.5 Å². The molecule has 0 radical (unpaired) electrons. The first-order valence-corrected chi connectivity index (χ1v) is 5.47. The van der Waals surface area contributed by atoms with Crippen LogP contribution in [0.5, 0.6) is 0 Å². The molecule has 1 atom stereocenters. The van der Waals surface area contributed by atoms with Gasteiger partial charge in [0.1, 0.15) is 0 Å². The summed E-state index contributed by atoms with van der Waals surface area (Å²) in [5, 5.41) is 3.15. The number of anilines is 1. The first-order valence-electron chi connectivity index (χ1n) is 4.67. The van der Waals surface area contributed by atoms with Gasteiger partial charge in [0.25, 0.3) is 0 Å². The fourth-order valence-electron chi connectivity index (χ4n) is 1.41. The van der Waals surface area contributed by atoms with Crippen molar-refractivity contribution in [3.8, 4) is 0 Å². The van der Waals surface area contributed by atoms with Gasteiger partial charge in [-0.05, 0) is 28.8 Å². The molecule has 14 heavy (non-hydrogen) atoms. The molecule has 2 rings (SSSR count). The molecule has 0 aliphatic carbocycles. The maximum atomic E-state index is 5.47. The lowest BCUT2D eigenvalue weighted by Crippen LogP contribution is -2.19. The lowest BCUT2D eigenvalue weighted by molar-refractivity contribution is 0.120. The van der Waals surface area contributed by atoms with Crippen molar-refractivity contribution in [3.63, 3.8) is 0 Å². The molecule has 5 heteroatoms. The van der Waals surface area contributed by atoms with Crippen LogP contribution in [0.2, 0.25) is 0 Å². The van der Waals surface area contributed by atoms with Gasteiger partial charge >= 0.3 is 0 Å². The first kappa shape index (κ1) is 9.86.